The van der Waals surface area contributed by atoms with Crippen molar-refractivity contribution in [2.75, 3.05) is 13.7 Å². The molecule has 1 fully saturated rings. The summed E-state index contributed by atoms with van der Waals surface area (Å²) < 4.78 is 7.46. The summed E-state index contributed by atoms with van der Waals surface area (Å²) in [5, 5.41) is 9.41. The van der Waals surface area contributed by atoms with E-state index in [4.69, 9.17) is 4.74 Å². The summed E-state index contributed by atoms with van der Waals surface area (Å²) in [6.45, 7) is 0.279. The fraction of sp³-hybridized carbons (Fsp3) is 0.500. The van der Waals surface area contributed by atoms with E-state index in [9.17, 15) is 5.11 Å². The zero-order valence-corrected chi connectivity index (χ0v) is 12.3. The van der Waals surface area contributed by atoms with Crippen LogP contribution in [-0.4, -0.2) is 33.4 Å². The highest BCUT2D eigenvalue weighted by molar-refractivity contribution is 5.56. The predicted molar refractivity (Wildman–Crippen MR) is 80.1 cm³/mol. The van der Waals surface area contributed by atoms with E-state index in [1.165, 1.54) is 0 Å². The maximum Gasteiger partial charge on any atom is 0.141 e. The van der Waals surface area contributed by atoms with E-state index in [0.717, 1.165) is 42.8 Å². The summed E-state index contributed by atoms with van der Waals surface area (Å²) >= 11 is 0. The van der Waals surface area contributed by atoms with E-state index in [0.29, 0.717) is 12.0 Å². The van der Waals surface area contributed by atoms with Gasteiger partial charge in [-0.05, 0) is 31.2 Å². The highest BCUT2D eigenvalue weighted by atomic mass is 16.5. The van der Waals surface area contributed by atoms with Gasteiger partial charge < -0.3 is 14.4 Å². The Labute approximate surface area is 124 Å². The highest BCUT2D eigenvalue weighted by Crippen LogP contribution is 2.35. The maximum absolute atomic E-state index is 9.41. The van der Waals surface area contributed by atoms with Gasteiger partial charge in [0.15, 0.2) is 0 Å². The SMILES string of the molecule is COc1cncc(-c2nccn2[C@@H]2CCC[C@@H](CO)C2)c1. The molecule has 1 aliphatic rings. The van der Waals surface area contributed by atoms with Gasteiger partial charge in [-0.15, -0.1) is 0 Å². The van der Waals surface area contributed by atoms with E-state index in [2.05, 4.69) is 14.5 Å². The standard InChI is InChI=1S/C16H21N3O2/c1-21-15-8-13(9-17-10-15)16-18-5-6-19(16)14-4-2-3-12(7-14)11-20/h5-6,8-10,12,14,20H,2-4,7,11H2,1H3/t12-,14-/m1/s1. The second kappa shape index (κ2) is 6.26. The van der Waals surface area contributed by atoms with Crippen molar-refractivity contribution in [2.24, 2.45) is 5.92 Å². The third-order valence-corrected chi connectivity index (χ3v) is 4.28. The van der Waals surface area contributed by atoms with Crippen molar-refractivity contribution in [2.45, 2.75) is 31.7 Å². The van der Waals surface area contributed by atoms with Crippen LogP contribution in [0, 0.1) is 5.92 Å². The van der Waals surface area contributed by atoms with Crippen LogP contribution in [0.25, 0.3) is 11.4 Å². The van der Waals surface area contributed by atoms with E-state index in [-0.39, 0.29) is 6.61 Å². The van der Waals surface area contributed by atoms with Gasteiger partial charge in [-0.1, -0.05) is 6.42 Å². The minimum absolute atomic E-state index is 0.279. The van der Waals surface area contributed by atoms with Crippen LogP contribution in [0.2, 0.25) is 0 Å². The molecule has 5 heteroatoms. The van der Waals surface area contributed by atoms with Gasteiger partial charge in [0.05, 0.1) is 13.3 Å². The number of aliphatic hydroxyl groups excluding tert-OH is 1. The van der Waals surface area contributed by atoms with E-state index in [1.54, 1.807) is 13.3 Å². The van der Waals surface area contributed by atoms with Gasteiger partial charge in [-0.25, -0.2) is 4.98 Å². The molecule has 1 aliphatic carbocycles. The Balaban J connectivity index is 1.89. The first-order valence-electron chi connectivity index (χ1n) is 7.45. The van der Waals surface area contributed by atoms with E-state index < -0.39 is 0 Å². The van der Waals surface area contributed by atoms with Crippen molar-refractivity contribution in [1.29, 1.82) is 0 Å². The number of ether oxygens (including phenoxy) is 1. The van der Waals surface area contributed by atoms with Crippen LogP contribution in [0.1, 0.15) is 31.7 Å². The number of aromatic nitrogens is 3. The quantitative estimate of drug-likeness (QED) is 0.939. The number of imidazole rings is 1. The van der Waals surface area contributed by atoms with Gasteiger partial charge in [0.1, 0.15) is 11.6 Å². The molecule has 0 bridgehead atoms. The molecular weight excluding hydrogens is 266 g/mol. The summed E-state index contributed by atoms with van der Waals surface area (Å²) in [6, 6.07) is 2.36. The number of methoxy groups -OCH3 is 1. The Morgan fingerprint density at radius 1 is 1.38 bits per heavy atom. The van der Waals surface area contributed by atoms with Crippen LogP contribution < -0.4 is 4.74 Å². The zero-order valence-electron chi connectivity index (χ0n) is 12.3. The first kappa shape index (κ1) is 14.1. The lowest BCUT2D eigenvalue weighted by molar-refractivity contribution is 0.163. The largest absolute Gasteiger partial charge is 0.495 e. The number of nitrogens with zero attached hydrogens (tertiary/aromatic N) is 3. The fourth-order valence-electron chi connectivity index (χ4n) is 3.17. The summed E-state index contributed by atoms with van der Waals surface area (Å²) in [5.74, 6) is 2.06. The molecule has 21 heavy (non-hydrogen) atoms. The normalized spacial score (nSPS) is 22.2. The topological polar surface area (TPSA) is 60.2 Å². The molecule has 0 unspecified atom stereocenters. The zero-order chi connectivity index (χ0) is 14.7. The molecule has 1 N–H and O–H groups in total. The third-order valence-electron chi connectivity index (χ3n) is 4.28. The molecule has 0 aromatic carbocycles. The minimum Gasteiger partial charge on any atom is -0.495 e. The average Bonchev–Trinajstić information content (AvgIpc) is 3.04. The van der Waals surface area contributed by atoms with Gasteiger partial charge in [0.2, 0.25) is 0 Å². The van der Waals surface area contributed by atoms with Crippen LogP contribution >= 0.6 is 0 Å². The van der Waals surface area contributed by atoms with Crippen LogP contribution in [0.5, 0.6) is 5.75 Å². The lowest BCUT2D eigenvalue weighted by Crippen LogP contribution is -2.21. The number of pyridine rings is 1. The number of aliphatic hydroxyl groups is 1. The van der Waals surface area contributed by atoms with Crippen LogP contribution in [0.15, 0.2) is 30.9 Å². The summed E-state index contributed by atoms with van der Waals surface area (Å²) in [7, 11) is 1.64. The smallest absolute Gasteiger partial charge is 0.141 e. The first-order valence-corrected chi connectivity index (χ1v) is 7.45. The van der Waals surface area contributed by atoms with Crippen molar-refractivity contribution in [1.82, 2.24) is 14.5 Å². The number of hydrogen-bond acceptors (Lipinski definition) is 4. The Hall–Kier alpha value is -1.88. The minimum atomic E-state index is 0.279. The van der Waals surface area contributed by atoms with Crippen LogP contribution in [0.3, 0.4) is 0 Å². The summed E-state index contributed by atoms with van der Waals surface area (Å²) in [4.78, 5) is 8.70. The molecule has 2 atom stereocenters. The molecule has 0 saturated heterocycles. The van der Waals surface area contributed by atoms with Gasteiger partial charge in [0, 0.05) is 36.8 Å². The number of hydrogen-bond donors (Lipinski definition) is 1. The Morgan fingerprint density at radius 3 is 3.10 bits per heavy atom. The fourth-order valence-corrected chi connectivity index (χ4v) is 3.17. The monoisotopic (exact) mass is 287 g/mol. The molecule has 0 amide bonds. The third kappa shape index (κ3) is 2.93. The molecule has 2 heterocycles. The molecule has 5 nitrogen and oxygen atoms in total. The van der Waals surface area contributed by atoms with Crippen molar-refractivity contribution < 1.29 is 9.84 Å². The van der Waals surface area contributed by atoms with E-state index in [1.807, 2.05) is 24.7 Å². The summed E-state index contributed by atoms with van der Waals surface area (Å²) in [6.07, 6.45) is 11.8. The molecule has 112 valence electrons. The Kier molecular flexibility index (Phi) is 4.20. The molecule has 0 spiro atoms. The van der Waals surface area contributed by atoms with Crippen LogP contribution in [-0.2, 0) is 0 Å². The molecular formula is C16H21N3O2. The molecule has 2 aromatic rings. The van der Waals surface area contributed by atoms with Crippen molar-refractivity contribution in [3.05, 3.63) is 30.9 Å². The van der Waals surface area contributed by atoms with Gasteiger partial charge in [0.25, 0.3) is 0 Å². The predicted octanol–water partition coefficient (Wildman–Crippen LogP) is 2.68. The van der Waals surface area contributed by atoms with E-state index >= 15 is 0 Å². The second-order valence-corrected chi connectivity index (χ2v) is 5.64. The van der Waals surface area contributed by atoms with Crippen molar-refractivity contribution >= 4 is 0 Å². The van der Waals surface area contributed by atoms with Crippen molar-refractivity contribution in [3.63, 3.8) is 0 Å². The Bertz CT molecular complexity index is 597. The average molecular weight is 287 g/mol. The molecule has 3 rings (SSSR count). The molecule has 2 aromatic heterocycles. The lowest BCUT2D eigenvalue weighted by atomic mass is 9.86. The van der Waals surface area contributed by atoms with Crippen molar-refractivity contribution in [3.8, 4) is 17.1 Å². The first-order chi connectivity index (χ1) is 10.3. The lowest BCUT2D eigenvalue weighted by Gasteiger charge is -2.30. The van der Waals surface area contributed by atoms with Crippen LogP contribution in [0.4, 0.5) is 0 Å². The molecule has 1 saturated carbocycles. The Morgan fingerprint density at radius 2 is 2.29 bits per heavy atom. The maximum atomic E-state index is 9.41. The molecule has 0 radical (unpaired) electrons. The van der Waals surface area contributed by atoms with Gasteiger partial charge in [-0.2, -0.15) is 0 Å². The van der Waals surface area contributed by atoms with Gasteiger partial charge in [-0.3, -0.25) is 4.98 Å². The summed E-state index contributed by atoms with van der Waals surface area (Å²) in [5.41, 5.74) is 0.963. The molecule has 0 aliphatic heterocycles. The van der Waals surface area contributed by atoms with Gasteiger partial charge >= 0.3 is 0 Å². The second-order valence-electron chi connectivity index (χ2n) is 5.64. The number of rotatable bonds is 4. The highest BCUT2D eigenvalue weighted by Gasteiger charge is 2.24.